The highest BCUT2D eigenvalue weighted by molar-refractivity contribution is 5.72. The van der Waals surface area contributed by atoms with Crippen LogP contribution in [0.3, 0.4) is 0 Å². The Kier molecular flexibility index (Phi) is 7.95. The lowest BCUT2D eigenvalue weighted by atomic mass is 10.1. The smallest absolute Gasteiger partial charge is 0.407 e. The molecule has 2 atom stereocenters. The van der Waals surface area contributed by atoms with E-state index in [1.165, 1.54) is 7.11 Å². The normalized spacial score (nSPS) is 13.0. The van der Waals surface area contributed by atoms with Gasteiger partial charge in [-0.05, 0) is 12.0 Å². The summed E-state index contributed by atoms with van der Waals surface area (Å²) < 4.78 is 9.64. The van der Waals surface area contributed by atoms with E-state index in [0.29, 0.717) is 0 Å². The molecule has 0 aliphatic heterocycles. The van der Waals surface area contributed by atoms with E-state index in [-0.39, 0.29) is 26.0 Å². The lowest BCUT2D eigenvalue weighted by molar-refractivity contribution is -0.141. The molecule has 0 fully saturated rings. The molecule has 0 bridgehead atoms. The molecule has 1 aromatic rings. The quantitative estimate of drug-likeness (QED) is 0.605. The highest BCUT2D eigenvalue weighted by atomic mass is 16.5. The largest absolute Gasteiger partial charge is 0.469 e. The Balaban J connectivity index is 2.48. The van der Waals surface area contributed by atoms with Crippen molar-refractivity contribution in [2.75, 3.05) is 13.7 Å². The van der Waals surface area contributed by atoms with Gasteiger partial charge in [0.05, 0.1) is 19.6 Å². The molecular formula is C15H22N2O5. The molecule has 1 aromatic carbocycles. The maximum Gasteiger partial charge on any atom is 0.407 e. The highest BCUT2D eigenvalue weighted by Gasteiger charge is 2.20. The third kappa shape index (κ3) is 7.05. The van der Waals surface area contributed by atoms with E-state index >= 15 is 0 Å². The third-order valence-corrected chi connectivity index (χ3v) is 3.00. The molecule has 0 unspecified atom stereocenters. The van der Waals surface area contributed by atoms with Crippen LogP contribution in [0.5, 0.6) is 0 Å². The van der Waals surface area contributed by atoms with E-state index in [0.717, 1.165) is 5.56 Å². The van der Waals surface area contributed by atoms with Crippen LogP contribution in [0.2, 0.25) is 0 Å². The SMILES string of the molecule is COC(=O)C[C@@H](C[C@@H](O)CN)NC(=O)OCc1ccccc1. The van der Waals surface area contributed by atoms with Gasteiger partial charge in [0.1, 0.15) is 6.61 Å². The van der Waals surface area contributed by atoms with Crippen molar-refractivity contribution in [1.82, 2.24) is 5.32 Å². The number of benzene rings is 1. The molecule has 4 N–H and O–H groups in total. The minimum Gasteiger partial charge on any atom is -0.469 e. The van der Waals surface area contributed by atoms with E-state index in [2.05, 4.69) is 10.1 Å². The van der Waals surface area contributed by atoms with Gasteiger partial charge in [0, 0.05) is 12.6 Å². The number of amides is 1. The second kappa shape index (κ2) is 9.75. The van der Waals surface area contributed by atoms with Crippen molar-refractivity contribution in [2.24, 2.45) is 5.73 Å². The van der Waals surface area contributed by atoms with E-state index < -0.39 is 24.2 Å². The van der Waals surface area contributed by atoms with Crippen LogP contribution in [0.4, 0.5) is 4.79 Å². The van der Waals surface area contributed by atoms with Crippen LogP contribution >= 0.6 is 0 Å². The first-order valence-corrected chi connectivity index (χ1v) is 6.97. The number of hydrogen-bond acceptors (Lipinski definition) is 6. The summed E-state index contributed by atoms with van der Waals surface area (Å²) in [6, 6.07) is 8.61. The number of aliphatic hydroxyl groups excluding tert-OH is 1. The van der Waals surface area contributed by atoms with Crippen molar-refractivity contribution in [2.45, 2.75) is 31.6 Å². The number of aliphatic hydroxyl groups is 1. The number of carbonyl (C=O) groups is 2. The van der Waals surface area contributed by atoms with E-state index in [9.17, 15) is 14.7 Å². The number of esters is 1. The van der Waals surface area contributed by atoms with Crippen LogP contribution in [-0.2, 0) is 20.9 Å². The van der Waals surface area contributed by atoms with E-state index in [4.69, 9.17) is 10.5 Å². The van der Waals surface area contributed by atoms with Crippen molar-refractivity contribution >= 4 is 12.1 Å². The Labute approximate surface area is 129 Å². The van der Waals surface area contributed by atoms with Crippen LogP contribution in [0.15, 0.2) is 30.3 Å². The molecule has 0 spiro atoms. The average Bonchev–Trinajstić information content (AvgIpc) is 2.53. The standard InChI is InChI=1S/C15H22N2O5/c1-21-14(19)8-12(7-13(18)9-16)17-15(20)22-10-11-5-3-2-4-6-11/h2-6,12-13,18H,7-10,16H2,1H3,(H,17,20)/t12-,13-/m1/s1. The van der Waals surface area contributed by atoms with E-state index in [1.807, 2.05) is 30.3 Å². The molecule has 7 nitrogen and oxygen atoms in total. The van der Waals surface area contributed by atoms with E-state index in [1.54, 1.807) is 0 Å². The molecule has 1 amide bonds. The summed E-state index contributed by atoms with van der Waals surface area (Å²) in [5.74, 6) is -0.488. The Hall–Kier alpha value is -2.12. The van der Waals surface area contributed by atoms with Gasteiger partial charge in [0.15, 0.2) is 0 Å². The first-order valence-electron chi connectivity index (χ1n) is 6.97. The predicted molar refractivity (Wildman–Crippen MR) is 79.9 cm³/mol. The zero-order chi connectivity index (χ0) is 16.4. The van der Waals surface area contributed by atoms with Gasteiger partial charge in [-0.25, -0.2) is 4.79 Å². The maximum absolute atomic E-state index is 11.8. The van der Waals surface area contributed by atoms with Crippen molar-refractivity contribution < 1.29 is 24.2 Å². The molecule has 0 radical (unpaired) electrons. The molecule has 0 saturated heterocycles. The first-order chi connectivity index (χ1) is 10.5. The fraction of sp³-hybridized carbons (Fsp3) is 0.467. The average molecular weight is 310 g/mol. The molecule has 122 valence electrons. The predicted octanol–water partition coefficient (Wildman–Crippen LogP) is 0.554. The molecule has 0 aliphatic rings. The number of ether oxygens (including phenoxy) is 2. The van der Waals surface area contributed by atoms with Crippen LogP contribution < -0.4 is 11.1 Å². The minimum absolute atomic E-state index is 0.0401. The van der Waals surface area contributed by atoms with Gasteiger partial charge >= 0.3 is 12.1 Å². The maximum atomic E-state index is 11.8. The molecule has 0 heterocycles. The summed E-state index contributed by atoms with van der Waals surface area (Å²) in [6.45, 7) is 0.162. The van der Waals surface area contributed by atoms with Gasteiger partial charge < -0.3 is 25.6 Å². The number of methoxy groups -OCH3 is 1. The molecule has 7 heteroatoms. The van der Waals surface area contributed by atoms with Crippen molar-refractivity contribution in [1.29, 1.82) is 0 Å². The van der Waals surface area contributed by atoms with Crippen molar-refractivity contribution in [3.8, 4) is 0 Å². The van der Waals surface area contributed by atoms with Gasteiger partial charge in [-0.15, -0.1) is 0 Å². The lowest BCUT2D eigenvalue weighted by Gasteiger charge is -2.19. The number of rotatable bonds is 8. The molecule has 1 rings (SSSR count). The fourth-order valence-corrected chi connectivity index (χ4v) is 1.83. The molecular weight excluding hydrogens is 288 g/mol. The second-order valence-electron chi connectivity index (χ2n) is 4.81. The number of carbonyl (C=O) groups excluding carboxylic acids is 2. The third-order valence-electron chi connectivity index (χ3n) is 3.00. The Bertz CT molecular complexity index is 466. The minimum atomic E-state index is -0.816. The van der Waals surface area contributed by atoms with Crippen LogP contribution in [0.25, 0.3) is 0 Å². The zero-order valence-electron chi connectivity index (χ0n) is 12.5. The van der Waals surface area contributed by atoms with Crippen LogP contribution in [0, 0.1) is 0 Å². The lowest BCUT2D eigenvalue weighted by Crippen LogP contribution is -2.40. The van der Waals surface area contributed by atoms with Gasteiger partial charge in [-0.3, -0.25) is 4.79 Å². The van der Waals surface area contributed by atoms with Gasteiger partial charge in [0.25, 0.3) is 0 Å². The second-order valence-corrected chi connectivity index (χ2v) is 4.81. The number of hydrogen-bond donors (Lipinski definition) is 3. The topological polar surface area (TPSA) is 111 Å². The van der Waals surface area contributed by atoms with Crippen LogP contribution in [-0.4, -0.2) is 43.0 Å². The Morgan fingerprint density at radius 1 is 1.32 bits per heavy atom. The number of alkyl carbamates (subject to hydrolysis) is 1. The highest BCUT2D eigenvalue weighted by Crippen LogP contribution is 2.06. The fourth-order valence-electron chi connectivity index (χ4n) is 1.83. The number of nitrogens with two attached hydrogens (primary N) is 1. The summed E-state index contributed by atoms with van der Waals surface area (Å²) in [7, 11) is 1.26. The monoisotopic (exact) mass is 310 g/mol. The summed E-state index contributed by atoms with van der Waals surface area (Å²) in [4.78, 5) is 23.1. The Morgan fingerprint density at radius 3 is 2.59 bits per heavy atom. The summed E-state index contributed by atoms with van der Waals surface area (Å²) in [5, 5.41) is 12.1. The zero-order valence-corrected chi connectivity index (χ0v) is 12.5. The summed E-state index contributed by atoms with van der Waals surface area (Å²) in [6.07, 6.45) is -1.40. The molecule has 0 saturated carbocycles. The molecule has 22 heavy (non-hydrogen) atoms. The number of nitrogens with one attached hydrogen (secondary N) is 1. The molecule has 0 aromatic heterocycles. The van der Waals surface area contributed by atoms with Gasteiger partial charge in [-0.1, -0.05) is 30.3 Å². The van der Waals surface area contributed by atoms with Gasteiger partial charge in [-0.2, -0.15) is 0 Å². The van der Waals surface area contributed by atoms with Crippen molar-refractivity contribution in [3.63, 3.8) is 0 Å². The summed E-state index contributed by atoms with van der Waals surface area (Å²) in [5.41, 5.74) is 6.19. The first kappa shape index (κ1) is 17.9. The Morgan fingerprint density at radius 2 is 2.00 bits per heavy atom. The van der Waals surface area contributed by atoms with Crippen molar-refractivity contribution in [3.05, 3.63) is 35.9 Å². The molecule has 0 aliphatic carbocycles. The van der Waals surface area contributed by atoms with Crippen LogP contribution in [0.1, 0.15) is 18.4 Å². The van der Waals surface area contributed by atoms with Gasteiger partial charge in [0.2, 0.25) is 0 Å². The summed E-state index contributed by atoms with van der Waals surface area (Å²) >= 11 is 0.